The lowest BCUT2D eigenvalue weighted by atomic mass is 9.78. The number of aliphatic carboxylic acids is 1. The zero-order valence-corrected chi connectivity index (χ0v) is 21.4. The van der Waals surface area contributed by atoms with Gasteiger partial charge in [0.25, 0.3) is 0 Å². The quantitative estimate of drug-likeness (QED) is 0.424. The summed E-state index contributed by atoms with van der Waals surface area (Å²) < 4.78 is 4.83. The zero-order valence-electron chi connectivity index (χ0n) is 21.4. The number of fused-ring (bicyclic) bond motifs is 1. The fourth-order valence-corrected chi connectivity index (χ4v) is 5.40. The number of methoxy groups -OCH3 is 1. The summed E-state index contributed by atoms with van der Waals surface area (Å²) >= 11 is 0. The van der Waals surface area contributed by atoms with Gasteiger partial charge in [-0.2, -0.15) is 0 Å². The highest BCUT2D eigenvalue weighted by Crippen LogP contribution is 2.47. The number of esters is 1. The second-order valence-electron chi connectivity index (χ2n) is 9.65. The molecule has 0 radical (unpaired) electrons. The molecule has 0 unspecified atom stereocenters. The van der Waals surface area contributed by atoms with Crippen LogP contribution in [0, 0.1) is 0 Å². The summed E-state index contributed by atoms with van der Waals surface area (Å²) in [7, 11) is 1.30. The molecule has 3 aromatic carbocycles. The number of nitrogens with zero attached hydrogens (tertiary/aromatic N) is 1. The number of ketones is 1. The largest absolute Gasteiger partial charge is 0.481 e. The Morgan fingerprint density at radius 3 is 2.28 bits per heavy atom. The monoisotopic (exact) mass is 524 g/mol. The molecule has 2 atom stereocenters. The van der Waals surface area contributed by atoms with E-state index in [-0.39, 0.29) is 31.0 Å². The van der Waals surface area contributed by atoms with Crippen molar-refractivity contribution in [2.45, 2.75) is 37.6 Å². The van der Waals surface area contributed by atoms with Crippen molar-refractivity contribution in [2.24, 2.45) is 0 Å². The van der Waals surface area contributed by atoms with Crippen molar-refractivity contribution in [3.63, 3.8) is 0 Å². The van der Waals surface area contributed by atoms with E-state index in [1.165, 1.54) is 12.0 Å². The van der Waals surface area contributed by atoms with Gasteiger partial charge in [0.1, 0.15) is 0 Å². The highest BCUT2D eigenvalue weighted by molar-refractivity contribution is 6.06. The molecule has 0 aromatic heterocycles. The van der Waals surface area contributed by atoms with E-state index in [0.717, 1.165) is 11.3 Å². The second-order valence-corrected chi connectivity index (χ2v) is 9.65. The summed E-state index contributed by atoms with van der Waals surface area (Å²) in [6.45, 7) is 0. The predicted octanol–water partition coefficient (Wildman–Crippen LogP) is 5.24. The lowest BCUT2D eigenvalue weighted by Gasteiger charge is -2.35. The molecular weight excluding hydrogens is 496 g/mol. The van der Waals surface area contributed by atoms with E-state index in [4.69, 9.17) is 4.74 Å². The molecule has 5 rings (SSSR count). The molecule has 2 N–H and O–H groups in total. The summed E-state index contributed by atoms with van der Waals surface area (Å²) in [5.74, 6) is -2.12. The normalized spacial score (nSPS) is 18.4. The molecule has 0 fully saturated rings. The van der Waals surface area contributed by atoms with Gasteiger partial charge in [-0.25, -0.2) is 4.79 Å². The van der Waals surface area contributed by atoms with Crippen LogP contribution in [0.1, 0.15) is 59.1 Å². The van der Waals surface area contributed by atoms with Crippen LogP contribution in [0.2, 0.25) is 0 Å². The van der Waals surface area contributed by atoms with Gasteiger partial charge in [-0.15, -0.1) is 0 Å². The molecule has 8 nitrogen and oxygen atoms in total. The summed E-state index contributed by atoms with van der Waals surface area (Å²) in [5, 5.41) is 12.7. The SMILES string of the molecule is COC(=O)c1ccc([C@H]2C3=C(C[C@@H](c4ccccc4)CC3=O)Nc3ccccc3N2C(=O)CCC(=O)O)cc1. The number of rotatable bonds is 6. The number of carbonyl (C=O) groups is 4. The van der Waals surface area contributed by atoms with Crippen LogP contribution in [0.5, 0.6) is 0 Å². The number of allylic oxidation sites excluding steroid dienone is 1. The first-order chi connectivity index (χ1) is 18.9. The minimum absolute atomic E-state index is 0.0336. The van der Waals surface area contributed by atoms with Crippen LogP contribution in [-0.4, -0.2) is 35.8 Å². The van der Waals surface area contributed by atoms with Gasteiger partial charge in [-0.1, -0.05) is 54.6 Å². The van der Waals surface area contributed by atoms with Crippen LogP contribution in [-0.2, 0) is 19.1 Å². The number of carboxylic acid groups (broad SMARTS) is 1. The molecule has 0 spiro atoms. The molecule has 3 aromatic rings. The van der Waals surface area contributed by atoms with E-state index in [2.05, 4.69) is 5.32 Å². The van der Waals surface area contributed by atoms with Crippen LogP contribution in [0.25, 0.3) is 0 Å². The Morgan fingerprint density at radius 2 is 1.59 bits per heavy atom. The molecule has 2 aliphatic rings. The third-order valence-electron chi connectivity index (χ3n) is 7.23. The van der Waals surface area contributed by atoms with E-state index in [1.807, 2.05) is 42.5 Å². The van der Waals surface area contributed by atoms with Gasteiger partial charge < -0.3 is 15.2 Å². The number of carbonyl (C=O) groups excluding carboxylic acids is 3. The lowest BCUT2D eigenvalue weighted by molar-refractivity contribution is -0.138. The Hall–Kier alpha value is -4.72. The van der Waals surface area contributed by atoms with Crippen LogP contribution < -0.4 is 10.2 Å². The number of hydrogen-bond donors (Lipinski definition) is 2. The number of anilines is 2. The van der Waals surface area contributed by atoms with E-state index >= 15 is 0 Å². The summed E-state index contributed by atoms with van der Waals surface area (Å²) in [6, 6.07) is 23.0. The van der Waals surface area contributed by atoms with Crippen molar-refractivity contribution in [1.29, 1.82) is 0 Å². The molecule has 198 valence electrons. The Balaban J connectivity index is 1.68. The minimum atomic E-state index is -1.08. The van der Waals surface area contributed by atoms with Crippen LogP contribution in [0.3, 0.4) is 0 Å². The number of ether oxygens (including phenoxy) is 1. The average Bonchev–Trinajstić information content (AvgIpc) is 3.10. The molecule has 0 bridgehead atoms. The maximum atomic E-state index is 14.0. The summed E-state index contributed by atoms with van der Waals surface area (Å²) in [5.41, 5.74) is 4.42. The Kier molecular flexibility index (Phi) is 7.27. The molecule has 1 amide bonds. The van der Waals surface area contributed by atoms with Crippen molar-refractivity contribution < 1.29 is 29.0 Å². The smallest absolute Gasteiger partial charge is 0.337 e. The molecule has 1 heterocycles. The van der Waals surface area contributed by atoms with Gasteiger partial charge in [-0.3, -0.25) is 19.3 Å². The Morgan fingerprint density at radius 1 is 0.897 bits per heavy atom. The number of amides is 1. The van der Waals surface area contributed by atoms with Gasteiger partial charge in [0.2, 0.25) is 5.91 Å². The maximum Gasteiger partial charge on any atom is 0.337 e. The van der Waals surface area contributed by atoms with Gasteiger partial charge in [0.05, 0.1) is 36.5 Å². The molecule has 1 aliphatic carbocycles. The number of Topliss-reactive ketones (excluding diaryl/α,β-unsaturated/α-hetero) is 1. The average molecular weight is 525 g/mol. The van der Waals surface area contributed by atoms with Crippen molar-refractivity contribution in [2.75, 3.05) is 17.3 Å². The number of hydrogen-bond acceptors (Lipinski definition) is 6. The number of nitrogens with one attached hydrogen (secondary N) is 1. The van der Waals surface area contributed by atoms with Gasteiger partial charge in [-0.05, 0) is 47.7 Å². The van der Waals surface area contributed by atoms with Crippen molar-refractivity contribution in [3.8, 4) is 0 Å². The molecule has 0 saturated carbocycles. The fraction of sp³-hybridized carbons (Fsp3) is 0.226. The standard InChI is InChI=1S/C31H28N2O6/c1-39-31(38)21-13-11-20(12-14-21)30-29-24(17-22(18-26(29)34)19-7-3-2-4-8-19)32-23-9-5-6-10-25(23)33(30)27(35)15-16-28(36)37/h2-14,22,30,32H,15-18H2,1H3,(H,36,37)/t22-,30+/m1/s1. The number of benzene rings is 3. The summed E-state index contributed by atoms with van der Waals surface area (Å²) in [4.78, 5) is 52.6. The van der Waals surface area contributed by atoms with E-state index in [0.29, 0.717) is 34.5 Å². The maximum absolute atomic E-state index is 14.0. The van der Waals surface area contributed by atoms with Crippen LogP contribution >= 0.6 is 0 Å². The third-order valence-corrected chi connectivity index (χ3v) is 7.23. The molecule has 1 aliphatic heterocycles. The third kappa shape index (κ3) is 5.18. The van der Waals surface area contributed by atoms with Gasteiger partial charge in [0.15, 0.2) is 5.78 Å². The predicted molar refractivity (Wildman–Crippen MR) is 145 cm³/mol. The number of para-hydroxylation sites is 2. The molecule has 8 heteroatoms. The lowest BCUT2D eigenvalue weighted by Crippen LogP contribution is -2.38. The number of carboxylic acids is 1. The van der Waals surface area contributed by atoms with Crippen molar-refractivity contribution in [3.05, 3.63) is 107 Å². The van der Waals surface area contributed by atoms with Crippen molar-refractivity contribution >= 4 is 35.0 Å². The van der Waals surface area contributed by atoms with E-state index < -0.39 is 23.9 Å². The highest BCUT2D eigenvalue weighted by atomic mass is 16.5. The fourth-order valence-electron chi connectivity index (χ4n) is 5.40. The molecule has 39 heavy (non-hydrogen) atoms. The first-order valence-corrected chi connectivity index (χ1v) is 12.8. The van der Waals surface area contributed by atoms with E-state index in [1.54, 1.807) is 36.4 Å². The Labute approximate surface area is 225 Å². The van der Waals surface area contributed by atoms with Crippen molar-refractivity contribution in [1.82, 2.24) is 0 Å². The minimum Gasteiger partial charge on any atom is -0.481 e. The molecular formula is C31H28N2O6. The summed E-state index contributed by atoms with van der Waals surface area (Å²) in [6.07, 6.45) is 0.265. The topological polar surface area (TPSA) is 113 Å². The second kappa shape index (κ2) is 10.9. The Bertz CT molecular complexity index is 1460. The first kappa shape index (κ1) is 25.9. The van der Waals surface area contributed by atoms with E-state index in [9.17, 15) is 24.3 Å². The highest BCUT2D eigenvalue weighted by Gasteiger charge is 2.41. The molecule has 0 saturated heterocycles. The van der Waals surface area contributed by atoms with Crippen LogP contribution in [0.4, 0.5) is 11.4 Å². The first-order valence-electron chi connectivity index (χ1n) is 12.8. The zero-order chi connectivity index (χ0) is 27.5. The van der Waals surface area contributed by atoms with Gasteiger partial charge >= 0.3 is 11.9 Å². The van der Waals surface area contributed by atoms with Crippen LogP contribution in [0.15, 0.2) is 90.1 Å². The van der Waals surface area contributed by atoms with Gasteiger partial charge in [0, 0.05) is 24.1 Å².